The third kappa shape index (κ3) is 6.57. The van der Waals surface area contributed by atoms with Crippen molar-refractivity contribution in [3.63, 3.8) is 0 Å². The number of aromatic nitrogens is 1. The lowest BCUT2D eigenvalue weighted by molar-refractivity contribution is -0.115. The highest BCUT2D eigenvalue weighted by Gasteiger charge is 2.23. The summed E-state index contributed by atoms with van der Waals surface area (Å²) in [5.41, 5.74) is 0.692. The molecule has 4 rings (SSSR count). The summed E-state index contributed by atoms with van der Waals surface area (Å²) in [5.74, 6) is 1.03. The molecule has 0 saturated carbocycles. The Labute approximate surface area is 203 Å². The number of hydrogen-bond donors (Lipinski definition) is 3. The van der Waals surface area contributed by atoms with Crippen molar-refractivity contribution in [1.82, 2.24) is 20.5 Å². The van der Waals surface area contributed by atoms with Crippen LogP contribution in [0.5, 0.6) is 17.2 Å². The van der Waals surface area contributed by atoms with Gasteiger partial charge in [-0.05, 0) is 30.7 Å². The second kappa shape index (κ2) is 11.5. The second-order valence-corrected chi connectivity index (χ2v) is 8.28. The van der Waals surface area contributed by atoms with Crippen molar-refractivity contribution in [3.8, 4) is 17.2 Å². The van der Waals surface area contributed by atoms with Gasteiger partial charge < -0.3 is 24.4 Å². The van der Waals surface area contributed by atoms with Gasteiger partial charge in [0.15, 0.2) is 0 Å². The van der Waals surface area contributed by atoms with E-state index in [-0.39, 0.29) is 17.8 Å². The number of pyridine rings is 1. The minimum atomic E-state index is -0.404. The van der Waals surface area contributed by atoms with Gasteiger partial charge in [0.1, 0.15) is 29.0 Å². The van der Waals surface area contributed by atoms with E-state index in [0.717, 1.165) is 32.4 Å². The van der Waals surface area contributed by atoms with Gasteiger partial charge >= 0.3 is 5.91 Å². The van der Waals surface area contributed by atoms with Crippen LogP contribution < -0.4 is 25.5 Å². The number of hydrogen-bond acceptors (Lipinski definition) is 7. The normalized spacial score (nSPS) is 15.9. The Morgan fingerprint density at radius 1 is 1.14 bits per heavy atom. The highest BCUT2D eigenvalue weighted by Crippen LogP contribution is 2.29. The molecule has 35 heavy (non-hydrogen) atoms. The van der Waals surface area contributed by atoms with Gasteiger partial charge in [0.2, 0.25) is 0 Å². The molecule has 0 atom stereocenters. The molecule has 2 saturated heterocycles. The van der Waals surface area contributed by atoms with Crippen LogP contribution >= 0.6 is 0 Å². The van der Waals surface area contributed by atoms with Gasteiger partial charge in [-0.25, -0.2) is 15.1 Å². The molecule has 2 fully saturated rings. The fraction of sp³-hybridized carbons (Fsp3) is 0.360. The molecule has 2 amide bonds. The topological polar surface area (TPSA) is 128 Å². The molecule has 1 aromatic heterocycles. The molecular weight excluding hydrogens is 450 g/mol. The molecule has 10 heteroatoms. The third-order valence-electron chi connectivity index (χ3n) is 5.64. The summed E-state index contributed by atoms with van der Waals surface area (Å²) in [5, 5.41) is 11.3. The van der Waals surface area contributed by atoms with Gasteiger partial charge in [-0.2, -0.15) is 0 Å². The van der Waals surface area contributed by atoms with E-state index in [2.05, 4.69) is 15.6 Å². The number of carbonyl (C=O) groups is 2. The number of amidine groups is 1. The number of nitrogens with two attached hydrogens (primary N) is 1. The molecule has 2 aromatic rings. The van der Waals surface area contributed by atoms with Crippen molar-refractivity contribution in [2.75, 3.05) is 33.4 Å². The summed E-state index contributed by atoms with van der Waals surface area (Å²) in [6.45, 7) is 2.78. The fourth-order valence-electron chi connectivity index (χ4n) is 3.62. The molecule has 0 spiro atoms. The lowest BCUT2D eigenvalue weighted by Crippen LogP contribution is -2.49. The van der Waals surface area contributed by atoms with Crippen molar-refractivity contribution in [2.45, 2.75) is 25.4 Å². The number of carbonyl (C=O) groups excluding carboxylic acids is 2. The molecule has 2 aliphatic heterocycles. The summed E-state index contributed by atoms with van der Waals surface area (Å²) in [6, 6.07) is 8.29. The zero-order valence-corrected chi connectivity index (χ0v) is 19.7. The van der Waals surface area contributed by atoms with Crippen molar-refractivity contribution in [2.24, 2.45) is 0 Å². The van der Waals surface area contributed by atoms with Gasteiger partial charge in [-0.15, -0.1) is 0 Å². The summed E-state index contributed by atoms with van der Waals surface area (Å²) >= 11 is 0. The summed E-state index contributed by atoms with van der Waals surface area (Å²) in [6.07, 6.45) is 7.18. The Bertz CT molecular complexity index is 1090. The van der Waals surface area contributed by atoms with Crippen LogP contribution in [0.3, 0.4) is 0 Å². The zero-order chi connectivity index (χ0) is 24.6. The highest BCUT2D eigenvalue weighted by molar-refractivity contribution is 6.08. The Hall–Kier alpha value is -3.92. The number of ether oxygens (including phenoxy) is 3. The van der Waals surface area contributed by atoms with E-state index in [9.17, 15) is 9.59 Å². The van der Waals surface area contributed by atoms with Crippen molar-refractivity contribution in [1.29, 1.82) is 0 Å². The Morgan fingerprint density at radius 2 is 1.91 bits per heavy atom. The predicted molar refractivity (Wildman–Crippen MR) is 128 cm³/mol. The van der Waals surface area contributed by atoms with Crippen molar-refractivity contribution >= 4 is 17.6 Å². The maximum Gasteiger partial charge on any atom is 0.339 e. The molecule has 0 radical (unpaired) electrons. The lowest BCUT2D eigenvalue weighted by Gasteiger charge is -2.30. The number of benzene rings is 1. The number of nitrogens with zero attached hydrogens (tertiary/aromatic N) is 2. The minimum absolute atomic E-state index is 0.0152. The fourth-order valence-corrected chi connectivity index (χ4v) is 3.62. The van der Waals surface area contributed by atoms with E-state index in [4.69, 9.17) is 19.6 Å². The molecule has 184 valence electrons. The molecule has 0 unspecified atom stereocenters. The highest BCUT2D eigenvalue weighted by atomic mass is 16.5. The van der Waals surface area contributed by atoms with E-state index in [0.29, 0.717) is 41.7 Å². The number of rotatable bonds is 8. The standard InChI is InChI=1S/C25H29N5O5/c1-27-8-5-23(26)29-24(31)17-13-20(34-18-6-11-33-12-7-18)15-21(14-17)35-19-3-4-22(28-16-19)25(32)30-9-2-10-30/h3-5,8,13-16,18,27H,2,6-7,9-12H2,1H3,(H2,26,29,31)/p+1/b8-5-. The van der Waals surface area contributed by atoms with Gasteiger partial charge in [-0.1, -0.05) is 0 Å². The predicted octanol–water partition coefficient (Wildman–Crippen LogP) is 0.898. The van der Waals surface area contributed by atoms with Crippen LogP contribution in [0.25, 0.3) is 0 Å². The Kier molecular flexibility index (Phi) is 7.94. The molecule has 4 N–H and O–H groups in total. The third-order valence-corrected chi connectivity index (χ3v) is 5.64. The van der Waals surface area contributed by atoms with Crippen LogP contribution in [0.15, 0.2) is 48.8 Å². The largest absolute Gasteiger partial charge is 0.490 e. The first-order valence-corrected chi connectivity index (χ1v) is 11.6. The van der Waals surface area contributed by atoms with Crippen LogP contribution in [0.4, 0.5) is 0 Å². The van der Waals surface area contributed by atoms with E-state index in [1.54, 1.807) is 54.6 Å². The van der Waals surface area contributed by atoms with Gasteiger partial charge in [0.05, 0.1) is 25.0 Å². The summed E-state index contributed by atoms with van der Waals surface area (Å²) < 4.78 is 17.5. The number of likely N-dealkylation sites (tertiary alicyclic amines) is 1. The average molecular weight is 481 g/mol. The maximum atomic E-state index is 12.8. The van der Waals surface area contributed by atoms with Crippen LogP contribution in [0, 0.1) is 0 Å². The van der Waals surface area contributed by atoms with Crippen LogP contribution in [-0.4, -0.2) is 67.0 Å². The maximum absolute atomic E-state index is 12.8. The van der Waals surface area contributed by atoms with E-state index in [1.165, 1.54) is 6.20 Å². The van der Waals surface area contributed by atoms with E-state index in [1.807, 2.05) is 0 Å². The van der Waals surface area contributed by atoms with E-state index < -0.39 is 5.91 Å². The monoisotopic (exact) mass is 480 g/mol. The molecular formula is C25H30N5O5+. The second-order valence-electron chi connectivity index (χ2n) is 8.28. The van der Waals surface area contributed by atoms with E-state index >= 15 is 0 Å². The summed E-state index contributed by atoms with van der Waals surface area (Å²) in [7, 11) is 1.73. The number of amides is 2. The van der Waals surface area contributed by atoms with Gasteiger partial charge in [-0.3, -0.25) is 10.2 Å². The minimum Gasteiger partial charge on any atom is -0.490 e. The zero-order valence-electron chi connectivity index (χ0n) is 19.7. The van der Waals surface area contributed by atoms with Crippen molar-refractivity contribution in [3.05, 3.63) is 60.1 Å². The lowest BCUT2D eigenvalue weighted by atomic mass is 10.1. The molecule has 3 heterocycles. The average Bonchev–Trinajstić information content (AvgIpc) is 2.82. The first kappa shape index (κ1) is 24.2. The van der Waals surface area contributed by atoms with Crippen LogP contribution in [0.2, 0.25) is 0 Å². The SMILES string of the molecule is CN/C=C\C(=[NH2+])NC(=O)c1cc(Oc2ccc(C(=O)N3CCC3)nc2)cc(OC2CCOCC2)c1. The van der Waals surface area contributed by atoms with Gasteiger partial charge in [0, 0.05) is 51.3 Å². The first-order chi connectivity index (χ1) is 17.0. The first-order valence-electron chi connectivity index (χ1n) is 11.6. The molecule has 10 nitrogen and oxygen atoms in total. The molecule has 2 aliphatic rings. The smallest absolute Gasteiger partial charge is 0.339 e. The van der Waals surface area contributed by atoms with Gasteiger partial charge in [0.25, 0.3) is 11.7 Å². The Balaban J connectivity index is 1.52. The molecule has 1 aromatic carbocycles. The quantitative estimate of drug-likeness (QED) is 0.378. The van der Waals surface area contributed by atoms with Crippen LogP contribution in [0.1, 0.15) is 40.1 Å². The Morgan fingerprint density at radius 3 is 2.57 bits per heavy atom. The summed E-state index contributed by atoms with van der Waals surface area (Å²) in [4.78, 5) is 31.2. The van der Waals surface area contributed by atoms with Crippen molar-refractivity contribution < 1.29 is 29.2 Å². The molecule has 0 bridgehead atoms. The number of nitrogens with one attached hydrogen (secondary N) is 2. The molecule has 0 aliphatic carbocycles. The van der Waals surface area contributed by atoms with Crippen LogP contribution in [-0.2, 0) is 4.74 Å².